The molecule has 0 aromatic heterocycles. The summed E-state index contributed by atoms with van der Waals surface area (Å²) in [6, 6.07) is 6.72. The molecular formula is C16H25N3O3. The summed E-state index contributed by atoms with van der Waals surface area (Å²) < 4.78 is 4.93. The van der Waals surface area contributed by atoms with Crippen LogP contribution in [0.2, 0.25) is 0 Å². The number of ether oxygens (including phenoxy) is 1. The third-order valence-corrected chi connectivity index (χ3v) is 3.41. The first-order valence-electron chi connectivity index (χ1n) is 7.43. The second-order valence-electron chi connectivity index (χ2n) is 4.90. The average Bonchev–Trinajstić information content (AvgIpc) is 2.54. The highest BCUT2D eigenvalue weighted by atomic mass is 16.5. The van der Waals surface area contributed by atoms with Gasteiger partial charge in [0, 0.05) is 45.0 Å². The Morgan fingerprint density at radius 2 is 1.73 bits per heavy atom. The number of rotatable bonds is 7. The molecule has 0 radical (unpaired) electrons. The van der Waals surface area contributed by atoms with E-state index in [-0.39, 0.29) is 11.9 Å². The Morgan fingerprint density at radius 3 is 2.23 bits per heavy atom. The minimum Gasteiger partial charge on any atom is -0.383 e. The Labute approximate surface area is 132 Å². The van der Waals surface area contributed by atoms with E-state index in [4.69, 9.17) is 4.74 Å². The summed E-state index contributed by atoms with van der Waals surface area (Å²) in [5.41, 5.74) is 1.28. The van der Waals surface area contributed by atoms with Crippen LogP contribution >= 0.6 is 0 Å². The summed E-state index contributed by atoms with van der Waals surface area (Å²) in [5, 5.41) is 2.78. The Bertz CT molecular complexity index is 484. The average molecular weight is 307 g/mol. The molecule has 1 N–H and O–H groups in total. The van der Waals surface area contributed by atoms with E-state index in [9.17, 15) is 9.59 Å². The molecule has 1 aromatic rings. The van der Waals surface area contributed by atoms with Crippen LogP contribution in [0.4, 0.5) is 10.5 Å². The number of hydrogen-bond acceptors (Lipinski definition) is 3. The molecule has 0 heterocycles. The van der Waals surface area contributed by atoms with Crippen molar-refractivity contribution in [1.29, 1.82) is 0 Å². The van der Waals surface area contributed by atoms with Crippen molar-refractivity contribution < 1.29 is 14.3 Å². The number of urea groups is 1. The predicted molar refractivity (Wildman–Crippen MR) is 87.2 cm³/mol. The van der Waals surface area contributed by atoms with Gasteiger partial charge in [0.05, 0.1) is 6.61 Å². The topological polar surface area (TPSA) is 61.9 Å². The zero-order chi connectivity index (χ0) is 16.5. The van der Waals surface area contributed by atoms with Crippen molar-refractivity contribution in [2.75, 3.05) is 45.7 Å². The van der Waals surface area contributed by atoms with Crippen LogP contribution in [-0.2, 0) is 4.74 Å². The monoisotopic (exact) mass is 307 g/mol. The lowest BCUT2D eigenvalue weighted by Gasteiger charge is -2.19. The fraction of sp³-hybridized carbons (Fsp3) is 0.500. The number of amides is 3. The summed E-state index contributed by atoms with van der Waals surface area (Å²) in [4.78, 5) is 27.4. The molecule has 1 rings (SSSR count). The maximum absolute atomic E-state index is 12.2. The Hall–Kier alpha value is -2.08. The largest absolute Gasteiger partial charge is 0.383 e. The first-order chi connectivity index (χ1) is 10.5. The fourth-order valence-corrected chi connectivity index (χ4v) is 1.94. The Kier molecular flexibility index (Phi) is 7.39. The van der Waals surface area contributed by atoms with Crippen LogP contribution in [0, 0.1) is 0 Å². The molecule has 22 heavy (non-hydrogen) atoms. The van der Waals surface area contributed by atoms with E-state index in [0.29, 0.717) is 37.5 Å². The molecule has 0 saturated heterocycles. The van der Waals surface area contributed by atoms with Gasteiger partial charge in [-0.1, -0.05) is 0 Å². The SMILES string of the molecule is CCN(CC)C(=O)c1ccc(NC(=O)N(C)CCOC)cc1. The molecule has 3 amide bonds. The summed E-state index contributed by atoms with van der Waals surface area (Å²) in [6.45, 7) is 6.26. The molecule has 0 saturated carbocycles. The van der Waals surface area contributed by atoms with Gasteiger partial charge in [-0.25, -0.2) is 4.79 Å². The first-order valence-corrected chi connectivity index (χ1v) is 7.43. The van der Waals surface area contributed by atoms with Gasteiger partial charge in [0.1, 0.15) is 0 Å². The lowest BCUT2D eigenvalue weighted by Crippen LogP contribution is -2.33. The van der Waals surface area contributed by atoms with Crippen molar-refractivity contribution in [2.24, 2.45) is 0 Å². The standard InChI is InChI=1S/C16H25N3O3/c1-5-19(6-2)15(20)13-7-9-14(10-8-13)17-16(21)18(3)11-12-22-4/h7-10H,5-6,11-12H2,1-4H3,(H,17,21). The van der Waals surface area contributed by atoms with E-state index in [1.165, 1.54) is 0 Å². The fourth-order valence-electron chi connectivity index (χ4n) is 1.94. The van der Waals surface area contributed by atoms with Gasteiger partial charge in [-0.3, -0.25) is 4.79 Å². The minimum absolute atomic E-state index is 0.0000825. The molecule has 0 aliphatic carbocycles. The molecular weight excluding hydrogens is 282 g/mol. The summed E-state index contributed by atoms with van der Waals surface area (Å²) in [6.07, 6.45) is 0. The van der Waals surface area contributed by atoms with Crippen LogP contribution in [0.3, 0.4) is 0 Å². The van der Waals surface area contributed by atoms with Gasteiger partial charge >= 0.3 is 6.03 Å². The number of carbonyl (C=O) groups is 2. The molecule has 0 spiro atoms. The molecule has 0 aliphatic heterocycles. The van der Waals surface area contributed by atoms with Crippen LogP contribution in [0.15, 0.2) is 24.3 Å². The van der Waals surface area contributed by atoms with Gasteiger partial charge in [-0.15, -0.1) is 0 Å². The highest BCUT2D eigenvalue weighted by Crippen LogP contribution is 2.12. The molecule has 0 atom stereocenters. The van der Waals surface area contributed by atoms with Gasteiger partial charge in [0.2, 0.25) is 0 Å². The van der Waals surface area contributed by atoms with Gasteiger partial charge in [0.25, 0.3) is 5.91 Å². The first kappa shape index (κ1) is 18.0. The van der Waals surface area contributed by atoms with Crippen molar-refractivity contribution in [2.45, 2.75) is 13.8 Å². The Morgan fingerprint density at radius 1 is 1.14 bits per heavy atom. The molecule has 1 aromatic carbocycles. The van der Waals surface area contributed by atoms with E-state index in [0.717, 1.165) is 0 Å². The van der Waals surface area contributed by atoms with E-state index >= 15 is 0 Å². The van der Waals surface area contributed by atoms with Crippen molar-refractivity contribution in [1.82, 2.24) is 9.80 Å². The summed E-state index contributed by atoms with van der Waals surface area (Å²) in [7, 11) is 3.30. The third-order valence-electron chi connectivity index (χ3n) is 3.41. The van der Waals surface area contributed by atoms with Crippen molar-refractivity contribution in [3.63, 3.8) is 0 Å². The predicted octanol–water partition coefficient (Wildman–Crippen LogP) is 2.28. The smallest absolute Gasteiger partial charge is 0.321 e. The van der Waals surface area contributed by atoms with Crippen LogP contribution in [0.1, 0.15) is 24.2 Å². The quantitative estimate of drug-likeness (QED) is 0.840. The van der Waals surface area contributed by atoms with Gasteiger partial charge in [-0.2, -0.15) is 0 Å². The van der Waals surface area contributed by atoms with E-state index in [2.05, 4.69) is 5.32 Å². The molecule has 0 fully saturated rings. The van der Waals surface area contributed by atoms with Gasteiger partial charge in [0.15, 0.2) is 0 Å². The highest BCUT2D eigenvalue weighted by molar-refractivity contribution is 5.95. The van der Waals surface area contributed by atoms with E-state index < -0.39 is 0 Å². The molecule has 6 nitrogen and oxygen atoms in total. The number of anilines is 1. The molecule has 0 bridgehead atoms. The number of hydrogen-bond donors (Lipinski definition) is 1. The second-order valence-corrected chi connectivity index (χ2v) is 4.90. The van der Waals surface area contributed by atoms with E-state index in [1.807, 2.05) is 13.8 Å². The third kappa shape index (κ3) is 5.04. The summed E-state index contributed by atoms with van der Waals surface area (Å²) >= 11 is 0. The van der Waals surface area contributed by atoms with Crippen LogP contribution < -0.4 is 5.32 Å². The zero-order valence-corrected chi connectivity index (χ0v) is 13.8. The zero-order valence-electron chi connectivity index (χ0n) is 13.8. The number of benzene rings is 1. The van der Waals surface area contributed by atoms with E-state index in [1.54, 1.807) is 48.2 Å². The maximum Gasteiger partial charge on any atom is 0.321 e. The number of methoxy groups -OCH3 is 1. The maximum atomic E-state index is 12.2. The van der Waals surface area contributed by atoms with Crippen molar-refractivity contribution >= 4 is 17.6 Å². The van der Waals surface area contributed by atoms with Crippen LogP contribution in [0.5, 0.6) is 0 Å². The number of nitrogens with zero attached hydrogens (tertiary/aromatic N) is 2. The molecule has 122 valence electrons. The lowest BCUT2D eigenvalue weighted by atomic mass is 10.2. The lowest BCUT2D eigenvalue weighted by molar-refractivity contribution is 0.0773. The molecule has 0 aliphatic rings. The molecule has 0 unspecified atom stereocenters. The molecule has 6 heteroatoms. The van der Waals surface area contributed by atoms with Crippen molar-refractivity contribution in [3.05, 3.63) is 29.8 Å². The number of nitrogens with one attached hydrogen (secondary N) is 1. The minimum atomic E-state index is -0.208. The van der Waals surface area contributed by atoms with Crippen molar-refractivity contribution in [3.8, 4) is 0 Å². The number of carbonyl (C=O) groups excluding carboxylic acids is 2. The highest BCUT2D eigenvalue weighted by Gasteiger charge is 2.13. The second kappa shape index (κ2) is 9.04. The van der Waals surface area contributed by atoms with Crippen LogP contribution in [0.25, 0.3) is 0 Å². The van der Waals surface area contributed by atoms with Gasteiger partial charge < -0.3 is 19.9 Å². The number of likely N-dealkylation sites (N-methyl/N-ethyl adjacent to an activating group) is 1. The Balaban J connectivity index is 2.65. The normalized spacial score (nSPS) is 10.2. The summed E-state index contributed by atoms with van der Waals surface area (Å²) in [5.74, 6) is 0.0000825. The van der Waals surface area contributed by atoms with Crippen LogP contribution in [-0.4, -0.2) is 62.1 Å². The van der Waals surface area contributed by atoms with Gasteiger partial charge in [-0.05, 0) is 38.1 Å².